The fraction of sp³-hybridized carbons (Fsp3) is 0. The van der Waals surface area contributed by atoms with Crippen LogP contribution in [0, 0.1) is 0 Å². The van der Waals surface area contributed by atoms with Gasteiger partial charge in [0.2, 0.25) is 0 Å². The highest BCUT2D eigenvalue weighted by molar-refractivity contribution is 6.29. The summed E-state index contributed by atoms with van der Waals surface area (Å²) in [5.74, 6) is 1.82. The topological polar surface area (TPSA) is 9.23 Å². The molecule has 1 aliphatic heterocycles. The SMILES string of the molecule is c1ccc2c(-c3c4ccccc4c(-c4ccc5c(c4)-c4cccc6cccc(c46)O5)c4ccc5ccccc5c34)cccc2c1. The number of hydrogen-bond acceptors (Lipinski definition) is 1. The van der Waals surface area contributed by atoms with Gasteiger partial charge in [0.05, 0.1) is 0 Å². The van der Waals surface area contributed by atoms with Crippen LogP contribution in [0.2, 0.25) is 0 Å². The zero-order chi connectivity index (χ0) is 29.5. The minimum absolute atomic E-state index is 0.899. The van der Waals surface area contributed by atoms with Crippen LogP contribution in [0.4, 0.5) is 0 Å². The van der Waals surface area contributed by atoms with Crippen LogP contribution in [-0.4, -0.2) is 0 Å². The molecule has 0 amide bonds. The lowest BCUT2D eigenvalue weighted by molar-refractivity contribution is 0.487. The van der Waals surface area contributed by atoms with Crippen LogP contribution in [0.3, 0.4) is 0 Å². The van der Waals surface area contributed by atoms with Crippen LogP contribution in [0.25, 0.3) is 87.2 Å². The van der Waals surface area contributed by atoms with E-state index < -0.39 is 0 Å². The Labute approximate surface area is 260 Å². The summed E-state index contributed by atoms with van der Waals surface area (Å²) in [6.07, 6.45) is 0. The maximum absolute atomic E-state index is 6.49. The van der Waals surface area contributed by atoms with Gasteiger partial charge >= 0.3 is 0 Å². The first-order valence-electron chi connectivity index (χ1n) is 15.5. The van der Waals surface area contributed by atoms with Gasteiger partial charge < -0.3 is 4.74 Å². The Kier molecular flexibility index (Phi) is 5.06. The highest BCUT2D eigenvalue weighted by Gasteiger charge is 2.23. The fourth-order valence-electron chi connectivity index (χ4n) is 7.70. The van der Waals surface area contributed by atoms with Gasteiger partial charge in [-0.05, 0) is 94.5 Å². The zero-order valence-electron chi connectivity index (χ0n) is 24.4. The van der Waals surface area contributed by atoms with Crippen LogP contribution in [0.5, 0.6) is 11.5 Å². The highest BCUT2D eigenvalue weighted by atomic mass is 16.5. The second-order valence-corrected chi connectivity index (χ2v) is 12.0. The van der Waals surface area contributed by atoms with Crippen molar-refractivity contribution in [1.82, 2.24) is 0 Å². The monoisotopic (exact) mass is 570 g/mol. The van der Waals surface area contributed by atoms with Gasteiger partial charge in [0.25, 0.3) is 0 Å². The highest BCUT2D eigenvalue weighted by Crippen LogP contribution is 2.51. The van der Waals surface area contributed by atoms with Crippen LogP contribution in [-0.2, 0) is 0 Å². The van der Waals surface area contributed by atoms with Crippen LogP contribution >= 0.6 is 0 Å². The number of rotatable bonds is 2. The Balaban J connectivity index is 1.36. The molecule has 0 aromatic heterocycles. The number of ether oxygens (including phenoxy) is 1. The Morgan fingerprint density at radius 2 is 0.933 bits per heavy atom. The molecular formula is C44H26O. The van der Waals surface area contributed by atoms with Crippen LogP contribution in [0.15, 0.2) is 158 Å². The summed E-state index contributed by atoms with van der Waals surface area (Å²) in [5, 5.41) is 12.5. The lowest BCUT2D eigenvalue weighted by Crippen LogP contribution is -1.98. The molecule has 1 heteroatoms. The number of benzene rings is 9. The van der Waals surface area contributed by atoms with E-state index in [1.54, 1.807) is 0 Å². The third kappa shape index (κ3) is 3.50. The van der Waals surface area contributed by atoms with Gasteiger partial charge in [0.15, 0.2) is 0 Å². The van der Waals surface area contributed by atoms with E-state index >= 15 is 0 Å². The smallest absolute Gasteiger partial charge is 0.135 e. The molecule has 0 bridgehead atoms. The van der Waals surface area contributed by atoms with Crippen molar-refractivity contribution in [3.05, 3.63) is 158 Å². The van der Waals surface area contributed by atoms with Crippen LogP contribution in [0.1, 0.15) is 0 Å². The first-order valence-corrected chi connectivity index (χ1v) is 15.5. The molecule has 0 spiro atoms. The predicted octanol–water partition coefficient (Wildman–Crippen LogP) is 12.6. The molecule has 1 nitrogen and oxygen atoms in total. The van der Waals surface area contributed by atoms with E-state index in [0.29, 0.717) is 0 Å². The van der Waals surface area contributed by atoms with Crippen molar-refractivity contribution in [3.63, 3.8) is 0 Å². The second kappa shape index (κ2) is 9.29. The summed E-state index contributed by atoms with van der Waals surface area (Å²) in [7, 11) is 0. The van der Waals surface area contributed by atoms with Gasteiger partial charge in [-0.3, -0.25) is 0 Å². The molecule has 9 aromatic carbocycles. The molecule has 0 aliphatic carbocycles. The minimum Gasteiger partial charge on any atom is -0.456 e. The molecule has 0 saturated heterocycles. The third-order valence-electron chi connectivity index (χ3n) is 9.62. The second-order valence-electron chi connectivity index (χ2n) is 12.0. The van der Waals surface area contributed by atoms with Crippen molar-refractivity contribution in [2.75, 3.05) is 0 Å². The summed E-state index contributed by atoms with van der Waals surface area (Å²) in [4.78, 5) is 0. The van der Waals surface area contributed by atoms with E-state index in [1.807, 2.05) is 0 Å². The van der Waals surface area contributed by atoms with E-state index in [1.165, 1.54) is 81.7 Å². The van der Waals surface area contributed by atoms with Crippen molar-refractivity contribution < 1.29 is 4.74 Å². The molecule has 0 N–H and O–H groups in total. The van der Waals surface area contributed by atoms with Crippen molar-refractivity contribution >= 4 is 53.9 Å². The fourth-order valence-corrected chi connectivity index (χ4v) is 7.70. The predicted molar refractivity (Wildman–Crippen MR) is 190 cm³/mol. The van der Waals surface area contributed by atoms with Gasteiger partial charge in [-0.2, -0.15) is 0 Å². The summed E-state index contributed by atoms with van der Waals surface area (Å²) >= 11 is 0. The molecule has 208 valence electrons. The lowest BCUT2D eigenvalue weighted by atomic mass is 9.82. The molecule has 0 atom stereocenters. The molecular weight excluding hydrogens is 544 g/mol. The standard InChI is InChI=1S/C44H26O/c1-3-15-31-27(10-1)12-7-19-33(31)44-35-18-6-5-17-34(35)41(37-24-22-28-11-2-4-16-32(28)43(37)44)30-23-25-39-38(26-30)36-20-8-13-29-14-9-21-40(45-39)42(29)36/h1-26H. The summed E-state index contributed by atoms with van der Waals surface area (Å²) in [6, 6.07) is 57.4. The lowest BCUT2D eigenvalue weighted by Gasteiger charge is -2.23. The molecule has 0 saturated carbocycles. The average molecular weight is 571 g/mol. The Bertz CT molecular complexity index is 2670. The quantitative estimate of drug-likeness (QED) is 0.148. The third-order valence-corrected chi connectivity index (χ3v) is 9.62. The molecule has 0 radical (unpaired) electrons. The maximum Gasteiger partial charge on any atom is 0.135 e. The van der Waals surface area contributed by atoms with Gasteiger partial charge in [-0.1, -0.05) is 140 Å². The number of fused-ring (bicyclic) bond motifs is 7. The first-order chi connectivity index (χ1) is 22.3. The molecule has 45 heavy (non-hydrogen) atoms. The summed E-state index contributed by atoms with van der Waals surface area (Å²) in [5.41, 5.74) is 7.35. The van der Waals surface area contributed by atoms with Crippen molar-refractivity contribution in [1.29, 1.82) is 0 Å². The number of hydrogen-bond donors (Lipinski definition) is 0. The van der Waals surface area contributed by atoms with E-state index in [-0.39, 0.29) is 0 Å². The Hall–Kier alpha value is -5.92. The normalized spacial score (nSPS) is 12.2. The first kappa shape index (κ1) is 24.5. The summed E-state index contributed by atoms with van der Waals surface area (Å²) < 4.78 is 6.49. The van der Waals surface area contributed by atoms with Crippen molar-refractivity contribution in [2.45, 2.75) is 0 Å². The molecule has 0 unspecified atom stereocenters. The minimum atomic E-state index is 0.899. The van der Waals surface area contributed by atoms with Crippen molar-refractivity contribution in [3.8, 4) is 44.9 Å². The van der Waals surface area contributed by atoms with E-state index in [9.17, 15) is 0 Å². The molecule has 1 aliphatic rings. The molecule has 9 aromatic rings. The van der Waals surface area contributed by atoms with Crippen LogP contribution < -0.4 is 4.74 Å². The average Bonchev–Trinajstić information content (AvgIpc) is 3.10. The van der Waals surface area contributed by atoms with Crippen molar-refractivity contribution in [2.24, 2.45) is 0 Å². The van der Waals surface area contributed by atoms with Gasteiger partial charge in [-0.15, -0.1) is 0 Å². The maximum atomic E-state index is 6.49. The van der Waals surface area contributed by atoms with E-state index in [2.05, 4.69) is 158 Å². The Morgan fingerprint density at radius 3 is 1.76 bits per heavy atom. The van der Waals surface area contributed by atoms with E-state index in [4.69, 9.17) is 4.74 Å². The van der Waals surface area contributed by atoms with Gasteiger partial charge in [-0.25, -0.2) is 0 Å². The Morgan fingerprint density at radius 1 is 0.311 bits per heavy atom. The molecule has 10 rings (SSSR count). The zero-order valence-corrected chi connectivity index (χ0v) is 24.4. The molecule has 0 fully saturated rings. The molecule has 1 heterocycles. The largest absolute Gasteiger partial charge is 0.456 e. The summed E-state index contributed by atoms with van der Waals surface area (Å²) in [6.45, 7) is 0. The van der Waals surface area contributed by atoms with Gasteiger partial charge in [0.1, 0.15) is 11.5 Å². The van der Waals surface area contributed by atoms with E-state index in [0.717, 1.165) is 17.1 Å². The van der Waals surface area contributed by atoms with Gasteiger partial charge in [0, 0.05) is 10.9 Å².